The van der Waals surface area contributed by atoms with Crippen LogP contribution in [0, 0.1) is 17.1 Å². The first-order chi connectivity index (χ1) is 13.8. The molecule has 0 radical (unpaired) electrons. The molecule has 0 fully saturated rings. The van der Waals surface area contributed by atoms with Gasteiger partial charge in [-0.2, -0.15) is 5.26 Å². The van der Waals surface area contributed by atoms with Crippen LogP contribution in [-0.4, -0.2) is 4.57 Å². The Kier molecular flexibility index (Phi) is 3.70. The molecule has 0 spiro atoms. The Labute approximate surface area is 161 Å². The Morgan fingerprint density at radius 2 is 1.29 bits per heavy atom. The number of nitriles is 1. The molecule has 0 aliphatic heterocycles. The molecule has 0 N–H and O–H groups in total. The second-order valence-electron chi connectivity index (χ2n) is 6.69. The fourth-order valence-corrected chi connectivity index (χ4v) is 3.88. The molecule has 28 heavy (non-hydrogen) atoms. The summed E-state index contributed by atoms with van der Waals surface area (Å²) in [5.74, 6) is -0.396. The standard InChI is InChI=1S/C25H15FN2/c26-22-15-17(16-27)13-14-18(22)19-7-1-4-10-23(19)28-24-11-5-2-8-20(24)21-9-3-6-12-25(21)28/h1-15H. The van der Waals surface area contributed by atoms with Crippen molar-refractivity contribution in [3.05, 3.63) is 102 Å². The molecule has 0 saturated heterocycles. The summed E-state index contributed by atoms with van der Waals surface area (Å²) in [5.41, 5.74) is 4.64. The van der Waals surface area contributed by atoms with Gasteiger partial charge < -0.3 is 4.57 Å². The maximum absolute atomic E-state index is 14.8. The van der Waals surface area contributed by atoms with E-state index < -0.39 is 5.82 Å². The largest absolute Gasteiger partial charge is 0.309 e. The highest BCUT2D eigenvalue weighted by atomic mass is 19.1. The molecule has 132 valence electrons. The maximum Gasteiger partial charge on any atom is 0.132 e. The number of nitrogens with zero attached hydrogens (tertiary/aromatic N) is 2. The number of hydrogen-bond donors (Lipinski definition) is 0. The van der Waals surface area contributed by atoms with Gasteiger partial charge in [0.1, 0.15) is 5.82 Å². The van der Waals surface area contributed by atoms with Gasteiger partial charge in [-0.15, -0.1) is 0 Å². The van der Waals surface area contributed by atoms with Crippen LogP contribution in [0.1, 0.15) is 5.56 Å². The Bertz CT molecular complexity index is 1340. The molecule has 4 aromatic carbocycles. The van der Waals surface area contributed by atoms with E-state index in [4.69, 9.17) is 5.26 Å². The number of halogens is 1. The normalized spacial score (nSPS) is 11.0. The molecular formula is C25H15FN2. The molecule has 5 aromatic rings. The summed E-state index contributed by atoms with van der Waals surface area (Å²) in [6.07, 6.45) is 0. The molecule has 0 saturated carbocycles. The van der Waals surface area contributed by atoms with Crippen molar-refractivity contribution < 1.29 is 4.39 Å². The third-order valence-corrected chi connectivity index (χ3v) is 5.11. The third-order valence-electron chi connectivity index (χ3n) is 5.11. The van der Waals surface area contributed by atoms with Crippen molar-refractivity contribution >= 4 is 21.8 Å². The van der Waals surface area contributed by atoms with Gasteiger partial charge in [0, 0.05) is 21.9 Å². The zero-order chi connectivity index (χ0) is 19.1. The SMILES string of the molecule is N#Cc1ccc(-c2ccccc2-n2c3ccccc3c3ccccc32)c(F)c1. The van der Waals surface area contributed by atoms with Crippen molar-refractivity contribution in [3.8, 4) is 22.9 Å². The highest BCUT2D eigenvalue weighted by Crippen LogP contribution is 2.36. The van der Waals surface area contributed by atoms with E-state index in [1.165, 1.54) is 6.07 Å². The third kappa shape index (κ3) is 2.39. The number of fused-ring (bicyclic) bond motifs is 3. The van der Waals surface area contributed by atoms with E-state index in [2.05, 4.69) is 28.8 Å². The number of aromatic nitrogens is 1. The summed E-state index contributed by atoms with van der Waals surface area (Å²) in [7, 11) is 0. The molecule has 5 rings (SSSR count). The zero-order valence-electron chi connectivity index (χ0n) is 14.9. The lowest BCUT2D eigenvalue weighted by Gasteiger charge is -2.14. The van der Waals surface area contributed by atoms with E-state index in [0.29, 0.717) is 11.1 Å². The molecule has 0 atom stereocenters. The van der Waals surface area contributed by atoms with Crippen molar-refractivity contribution in [1.82, 2.24) is 4.57 Å². The average molecular weight is 362 g/mol. The van der Waals surface area contributed by atoms with Gasteiger partial charge >= 0.3 is 0 Å². The summed E-state index contributed by atoms with van der Waals surface area (Å²) in [6, 6.07) is 30.9. The summed E-state index contributed by atoms with van der Waals surface area (Å²) in [5, 5.41) is 11.4. The summed E-state index contributed by atoms with van der Waals surface area (Å²) < 4.78 is 17.0. The minimum absolute atomic E-state index is 0.315. The molecule has 0 unspecified atom stereocenters. The molecule has 2 nitrogen and oxygen atoms in total. The fraction of sp³-hybridized carbons (Fsp3) is 0. The van der Waals surface area contributed by atoms with E-state index >= 15 is 0 Å². The molecule has 1 aromatic heterocycles. The van der Waals surface area contributed by atoms with Gasteiger partial charge in [-0.1, -0.05) is 60.7 Å². The number of rotatable bonds is 2. The van der Waals surface area contributed by atoms with Crippen LogP contribution in [-0.2, 0) is 0 Å². The van der Waals surface area contributed by atoms with Crippen LogP contribution in [0.5, 0.6) is 0 Å². The predicted octanol–water partition coefficient (Wildman–Crippen LogP) is 6.46. The topological polar surface area (TPSA) is 28.7 Å². The van der Waals surface area contributed by atoms with Crippen molar-refractivity contribution in [2.45, 2.75) is 0 Å². The van der Waals surface area contributed by atoms with E-state index in [1.54, 1.807) is 12.1 Å². The van der Waals surface area contributed by atoms with Crippen molar-refractivity contribution in [3.63, 3.8) is 0 Å². The van der Waals surface area contributed by atoms with Gasteiger partial charge in [-0.25, -0.2) is 4.39 Å². The second kappa shape index (κ2) is 6.37. The van der Waals surface area contributed by atoms with Gasteiger partial charge in [-0.3, -0.25) is 0 Å². The minimum atomic E-state index is -0.396. The Balaban J connectivity index is 1.87. The predicted molar refractivity (Wildman–Crippen MR) is 111 cm³/mol. The van der Waals surface area contributed by atoms with Crippen molar-refractivity contribution in [1.29, 1.82) is 5.26 Å². The maximum atomic E-state index is 14.8. The van der Waals surface area contributed by atoms with Crippen LogP contribution in [0.3, 0.4) is 0 Å². The molecule has 0 bridgehead atoms. The first-order valence-electron chi connectivity index (χ1n) is 9.05. The summed E-state index contributed by atoms with van der Waals surface area (Å²) in [6.45, 7) is 0. The van der Waals surface area contributed by atoms with E-state index in [0.717, 1.165) is 33.1 Å². The molecule has 0 amide bonds. The first kappa shape index (κ1) is 16.3. The van der Waals surface area contributed by atoms with Crippen LogP contribution < -0.4 is 0 Å². The summed E-state index contributed by atoms with van der Waals surface area (Å²) >= 11 is 0. The molecule has 0 aliphatic rings. The Hall–Kier alpha value is -3.90. The average Bonchev–Trinajstić information content (AvgIpc) is 3.08. The summed E-state index contributed by atoms with van der Waals surface area (Å²) in [4.78, 5) is 0. The number of benzene rings is 4. The molecule has 3 heteroatoms. The van der Waals surface area contributed by atoms with Gasteiger partial charge in [0.15, 0.2) is 0 Å². The first-order valence-corrected chi connectivity index (χ1v) is 9.05. The smallest absolute Gasteiger partial charge is 0.132 e. The van der Waals surface area contributed by atoms with E-state index in [9.17, 15) is 4.39 Å². The Morgan fingerprint density at radius 1 is 0.679 bits per heavy atom. The highest BCUT2D eigenvalue weighted by Gasteiger charge is 2.16. The van der Waals surface area contributed by atoms with E-state index in [1.807, 2.05) is 54.6 Å². The Morgan fingerprint density at radius 3 is 1.93 bits per heavy atom. The van der Waals surface area contributed by atoms with Gasteiger partial charge in [0.25, 0.3) is 0 Å². The van der Waals surface area contributed by atoms with Gasteiger partial charge in [0.2, 0.25) is 0 Å². The van der Waals surface area contributed by atoms with Crippen LogP contribution in [0.15, 0.2) is 91.0 Å². The monoisotopic (exact) mass is 362 g/mol. The van der Waals surface area contributed by atoms with Crippen molar-refractivity contribution in [2.75, 3.05) is 0 Å². The quantitative estimate of drug-likeness (QED) is 0.354. The molecule has 0 aliphatic carbocycles. The van der Waals surface area contributed by atoms with Crippen LogP contribution in [0.4, 0.5) is 4.39 Å². The molecular weight excluding hydrogens is 347 g/mol. The van der Waals surface area contributed by atoms with Crippen LogP contribution in [0.25, 0.3) is 38.6 Å². The minimum Gasteiger partial charge on any atom is -0.309 e. The lowest BCUT2D eigenvalue weighted by molar-refractivity contribution is 0.631. The zero-order valence-corrected chi connectivity index (χ0v) is 14.9. The fourth-order valence-electron chi connectivity index (χ4n) is 3.88. The highest BCUT2D eigenvalue weighted by molar-refractivity contribution is 6.09. The van der Waals surface area contributed by atoms with E-state index in [-0.39, 0.29) is 0 Å². The lowest BCUT2D eigenvalue weighted by atomic mass is 10.0. The number of hydrogen-bond acceptors (Lipinski definition) is 1. The molecule has 1 heterocycles. The van der Waals surface area contributed by atoms with Crippen molar-refractivity contribution in [2.24, 2.45) is 0 Å². The van der Waals surface area contributed by atoms with Crippen LogP contribution >= 0.6 is 0 Å². The number of para-hydroxylation sites is 3. The lowest BCUT2D eigenvalue weighted by Crippen LogP contribution is -1.98. The second-order valence-corrected chi connectivity index (χ2v) is 6.69. The van der Waals surface area contributed by atoms with Crippen LogP contribution in [0.2, 0.25) is 0 Å². The van der Waals surface area contributed by atoms with Gasteiger partial charge in [-0.05, 0) is 30.3 Å². The van der Waals surface area contributed by atoms with Gasteiger partial charge in [0.05, 0.1) is 28.4 Å².